The third kappa shape index (κ3) is 3.75. The first kappa shape index (κ1) is 19.7. The van der Waals surface area contributed by atoms with Crippen molar-refractivity contribution in [1.29, 1.82) is 5.26 Å². The zero-order valence-electron chi connectivity index (χ0n) is 17.1. The lowest BCUT2D eigenvalue weighted by Crippen LogP contribution is -2.36. The van der Waals surface area contributed by atoms with E-state index in [2.05, 4.69) is 31.4 Å². The Morgan fingerprint density at radius 2 is 1.91 bits per heavy atom. The Morgan fingerprint density at radius 1 is 1.06 bits per heavy atom. The van der Waals surface area contributed by atoms with Crippen molar-refractivity contribution in [3.63, 3.8) is 0 Å². The van der Waals surface area contributed by atoms with Crippen molar-refractivity contribution in [2.45, 2.75) is 0 Å². The highest BCUT2D eigenvalue weighted by Gasteiger charge is 2.17. The van der Waals surface area contributed by atoms with Gasteiger partial charge in [-0.1, -0.05) is 24.3 Å². The van der Waals surface area contributed by atoms with Gasteiger partial charge in [0.1, 0.15) is 11.6 Å². The Hall–Kier alpha value is -4.29. The van der Waals surface area contributed by atoms with Crippen molar-refractivity contribution in [2.24, 2.45) is 0 Å². The number of nitrogens with zero attached hydrogens (tertiary/aromatic N) is 6. The topological polar surface area (TPSA) is 108 Å². The number of ether oxygens (including phenoxy) is 1. The number of pyridine rings is 1. The molecule has 1 N–H and O–H groups in total. The molecule has 0 bridgehead atoms. The number of benzene rings is 1. The van der Waals surface area contributed by atoms with Gasteiger partial charge < -0.3 is 15.0 Å². The number of nitriles is 1. The highest BCUT2D eigenvalue weighted by Crippen LogP contribution is 2.22. The molecule has 0 saturated carbocycles. The number of nitrogens with one attached hydrogen (secondary N) is 1. The average molecular weight is 425 g/mol. The van der Waals surface area contributed by atoms with Gasteiger partial charge in [-0.3, -0.25) is 4.79 Å². The first-order valence-corrected chi connectivity index (χ1v) is 10.2. The molecule has 0 atom stereocenters. The second kappa shape index (κ2) is 8.45. The fourth-order valence-corrected chi connectivity index (χ4v) is 3.62. The van der Waals surface area contributed by atoms with Crippen LogP contribution in [0.3, 0.4) is 0 Å². The molecule has 3 aromatic heterocycles. The van der Waals surface area contributed by atoms with Crippen molar-refractivity contribution in [3.05, 3.63) is 72.1 Å². The number of carbonyl (C=O) groups excluding carboxylic acids is 1. The lowest BCUT2D eigenvalue weighted by molar-refractivity contribution is 0.102. The van der Waals surface area contributed by atoms with E-state index in [1.54, 1.807) is 30.3 Å². The van der Waals surface area contributed by atoms with E-state index in [4.69, 9.17) is 4.74 Å². The molecule has 9 heteroatoms. The number of hydrogen-bond acceptors (Lipinski definition) is 7. The molecule has 4 heterocycles. The number of anilines is 2. The molecule has 0 aliphatic carbocycles. The Morgan fingerprint density at radius 3 is 2.75 bits per heavy atom. The van der Waals surface area contributed by atoms with Crippen LogP contribution in [0.15, 0.2) is 60.8 Å². The fourth-order valence-electron chi connectivity index (χ4n) is 3.62. The molecule has 1 aromatic carbocycles. The van der Waals surface area contributed by atoms with E-state index < -0.39 is 0 Å². The molecule has 0 spiro atoms. The molecule has 158 valence electrons. The summed E-state index contributed by atoms with van der Waals surface area (Å²) in [6, 6.07) is 18.4. The number of fused-ring (bicyclic) bond motifs is 1. The molecule has 1 aliphatic rings. The maximum Gasteiger partial charge on any atom is 0.277 e. The van der Waals surface area contributed by atoms with E-state index in [0.717, 1.165) is 18.9 Å². The molecule has 9 nitrogen and oxygen atoms in total. The predicted molar refractivity (Wildman–Crippen MR) is 118 cm³/mol. The van der Waals surface area contributed by atoms with E-state index in [-0.39, 0.29) is 11.6 Å². The minimum atomic E-state index is -0.373. The van der Waals surface area contributed by atoms with Crippen LogP contribution in [-0.2, 0) is 4.74 Å². The smallest absolute Gasteiger partial charge is 0.277 e. The number of aromatic nitrogens is 4. The van der Waals surface area contributed by atoms with Gasteiger partial charge in [-0.15, -0.1) is 0 Å². The summed E-state index contributed by atoms with van der Waals surface area (Å²) in [7, 11) is 0. The maximum absolute atomic E-state index is 13.0. The number of amides is 1. The first-order valence-electron chi connectivity index (χ1n) is 10.2. The van der Waals surface area contributed by atoms with Crippen LogP contribution in [-0.4, -0.2) is 51.8 Å². The molecule has 1 amide bonds. The molecular formula is C23H19N7O2. The zero-order chi connectivity index (χ0) is 21.9. The van der Waals surface area contributed by atoms with Gasteiger partial charge in [0, 0.05) is 18.7 Å². The number of rotatable bonds is 4. The van der Waals surface area contributed by atoms with Crippen molar-refractivity contribution in [2.75, 3.05) is 36.5 Å². The number of morpholine rings is 1. The summed E-state index contributed by atoms with van der Waals surface area (Å²) < 4.78 is 6.87. The van der Waals surface area contributed by atoms with E-state index >= 15 is 0 Å². The fraction of sp³-hybridized carbons (Fsp3) is 0.174. The Labute approximate surface area is 183 Å². The zero-order valence-corrected chi connectivity index (χ0v) is 17.1. The molecule has 1 aliphatic heterocycles. The normalized spacial score (nSPS) is 13.7. The molecule has 5 rings (SSSR count). The summed E-state index contributed by atoms with van der Waals surface area (Å²) in [6.45, 7) is 2.83. The summed E-state index contributed by atoms with van der Waals surface area (Å²) in [5.41, 5.74) is 2.58. The van der Waals surface area contributed by atoms with Crippen LogP contribution in [0.2, 0.25) is 0 Å². The molecule has 0 unspecified atom stereocenters. The minimum Gasteiger partial charge on any atom is -0.378 e. The quantitative estimate of drug-likeness (QED) is 0.535. The largest absolute Gasteiger partial charge is 0.378 e. The Kier molecular flexibility index (Phi) is 5.19. The highest BCUT2D eigenvalue weighted by molar-refractivity contribution is 6.03. The minimum absolute atomic E-state index is 0.273. The van der Waals surface area contributed by atoms with Crippen LogP contribution in [0.25, 0.3) is 16.9 Å². The predicted octanol–water partition coefficient (Wildman–Crippen LogP) is 2.75. The number of carbonyl (C=O) groups is 1. The van der Waals surface area contributed by atoms with E-state index in [9.17, 15) is 10.1 Å². The van der Waals surface area contributed by atoms with E-state index in [1.165, 1.54) is 10.7 Å². The van der Waals surface area contributed by atoms with Crippen LogP contribution < -0.4 is 10.2 Å². The van der Waals surface area contributed by atoms with Gasteiger partial charge in [0.15, 0.2) is 11.3 Å². The lowest BCUT2D eigenvalue weighted by atomic mass is 10.1. The van der Waals surface area contributed by atoms with Gasteiger partial charge in [-0.2, -0.15) is 10.4 Å². The summed E-state index contributed by atoms with van der Waals surface area (Å²) in [6.07, 6.45) is 1.48. The Balaban J connectivity index is 1.44. The van der Waals surface area contributed by atoms with Crippen molar-refractivity contribution in [3.8, 4) is 17.3 Å². The summed E-state index contributed by atoms with van der Waals surface area (Å²) >= 11 is 0. The average Bonchev–Trinajstić information content (AvgIpc) is 3.28. The van der Waals surface area contributed by atoms with Crippen LogP contribution in [0.1, 0.15) is 16.1 Å². The SMILES string of the molecule is N#Cc1ccccc1-c1ccc2ncc(C(=O)Nc3cccc(N4CCOCC4)n3)n2n1. The van der Waals surface area contributed by atoms with E-state index in [1.807, 2.05) is 24.3 Å². The molecular weight excluding hydrogens is 406 g/mol. The van der Waals surface area contributed by atoms with Crippen LogP contribution in [0, 0.1) is 11.3 Å². The first-order chi connectivity index (χ1) is 15.7. The van der Waals surface area contributed by atoms with Crippen molar-refractivity contribution in [1.82, 2.24) is 19.6 Å². The second-order valence-electron chi connectivity index (χ2n) is 7.22. The number of imidazole rings is 1. The third-order valence-corrected chi connectivity index (χ3v) is 5.23. The van der Waals surface area contributed by atoms with Gasteiger partial charge >= 0.3 is 0 Å². The van der Waals surface area contributed by atoms with Crippen LogP contribution in [0.5, 0.6) is 0 Å². The van der Waals surface area contributed by atoms with Crippen LogP contribution >= 0.6 is 0 Å². The highest BCUT2D eigenvalue weighted by atomic mass is 16.5. The monoisotopic (exact) mass is 425 g/mol. The molecule has 0 radical (unpaired) electrons. The van der Waals surface area contributed by atoms with Crippen LogP contribution in [0.4, 0.5) is 11.6 Å². The molecule has 32 heavy (non-hydrogen) atoms. The molecule has 4 aromatic rings. The van der Waals surface area contributed by atoms with E-state index in [0.29, 0.717) is 41.5 Å². The maximum atomic E-state index is 13.0. The number of hydrogen-bond donors (Lipinski definition) is 1. The van der Waals surface area contributed by atoms with Crippen molar-refractivity contribution >= 4 is 23.2 Å². The molecule has 1 fully saturated rings. The summed E-state index contributed by atoms with van der Waals surface area (Å²) in [5, 5.41) is 16.8. The third-order valence-electron chi connectivity index (χ3n) is 5.23. The lowest BCUT2D eigenvalue weighted by Gasteiger charge is -2.27. The van der Waals surface area contributed by atoms with Gasteiger partial charge in [0.25, 0.3) is 5.91 Å². The van der Waals surface area contributed by atoms with Crippen molar-refractivity contribution < 1.29 is 9.53 Å². The standard InChI is InChI=1S/C23H19N7O2/c24-14-16-4-1-2-5-17(16)18-8-9-21-25-15-19(30(21)28-18)23(31)27-20-6-3-7-22(26-20)29-10-12-32-13-11-29/h1-9,15H,10-13H2,(H,26,27,31). The van der Waals surface area contributed by atoms with Gasteiger partial charge in [-0.05, 0) is 30.3 Å². The summed E-state index contributed by atoms with van der Waals surface area (Å²) in [4.78, 5) is 24.0. The van der Waals surface area contributed by atoms with Gasteiger partial charge in [0.2, 0.25) is 0 Å². The Bertz CT molecular complexity index is 1340. The molecule has 1 saturated heterocycles. The van der Waals surface area contributed by atoms with Gasteiger partial charge in [0.05, 0.1) is 36.7 Å². The van der Waals surface area contributed by atoms with Gasteiger partial charge in [-0.25, -0.2) is 14.5 Å². The summed E-state index contributed by atoms with van der Waals surface area (Å²) in [5.74, 6) is 0.861. The second-order valence-corrected chi connectivity index (χ2v) is 7.22.